The van der Waals surface area contributed by atoms with Crippen molar-refractivity contribution >= 4 is 12.2 Å². The fourth-order valence-corrected chi connectivity index (χ4v) is 1.61. The molecule has 1 saturated heterocycles. The molecule has 8 heteroatoms. The fraction of sp³-hybridized carbons (Fsp3) is 0.375. The summed E-state index contributed by atoms with van der Waals surface area (Å²) in [5.41, 5.74) is 0.893. The number of hydrogen-bond donors (Lipinski definition) is 0. The first-order chi connectivity index (χ1) is 11.3. The molecule has 0 unspecified atom stereocenters. The van der Waals surface area contributed by atoms with E-state index in [0.29, 0.717) is 25.6 Å². The van der Waals surface area contributed by atoms with Gasteiger partial charge in [0.1, 0.15) is 5.75 Å². The molecule has 0 radical (unpaired) electrons. The summed E-state index contributed by atoms with van der Waals surface area (Å²) in [5, 5.41) is 0. The Kier molecular flexibility index (Phi) is 10.3. The summed E-state index contributed by atoms with van der Waals surface area (Å²) in [4.78, 5) is 11.5. The molecule has 0 aliphatic carbocycles. The minimum Gasteiger partial charge on any atom is -0.475 e. The van der Waals surface area contributed by atoms with Crippen LogP contribution in [-0.4, -0.2) is 46.7 Å². The Labute approximate surface area is 155 Å². The number of benzene rings is 1. The SMILES string of the molecule is COCOC=Cc1ccc(OC(=O)OCOC[C-]2COC2)cc1.[W]. The second kappa shape index (κ2) is 12.0. The van der Waals surface area contributed by atoms with Gasteiger partial charge in [0.25, 0.3) is 0 Å². The molecule has 1 aromatic rings. The molecule has 0 amide bonds. The molecule has 2 rings (SSSR count). The second-order valence-corrected chi connectivity index (χ2v) is 4.65. The third kappa shape index (κ3) is 7.92. The van der Waals surface area contributed by atoms with Crippen molar-refractivity contribution in [2.75, 3.05) is 40.5 Å². The first-order valence-electron chi connectivity index (χ1n) is 6.99. The number of ether oxygens (including phenoxy) is 6. The standard InChI is InChI=1S/C16H19O7.W/c1-18-11-19-7-6-13-2-4-15(5-3-13)23-16(17)22-12-21-10-14-8-20-9-14;/h2-7H,8-12H2,1H3;/q-1;. The van der Waals surface area contributed by atoms with E-state index in [2.05, 4.69) is 0 Å². The van der Waals surface area contributed by atoms with Crippen molar-refractivity contribution in [1.29, 1.82) is 0 Å². The molecular formula is C16H19O7W-. The van der Waals surface area contributed by atoms with Gasteiger partial charge in [-0.05, 0) is 23.8 Å². The fourth-order valence-electron chi connectivity index (χ4n) is 1.61. The zero-order valence-corrected chi connectivity index (χ0v) is 16.2. The minimum absolute atomic E-state index is 0. The van der Waals surface area contributed by atoms with Crippen LogP contribution >= 0.6 is 0 Å². The van der Waals surface area contributed by atoms with E-state index in [-0.39, 0.29) is 34.7 Å². The van der Waals surface area contributed by atoms with Crippen molar-refractivity contribution in [2.45, 2.75) is 0 Å². The minimum atomic E-state index is -0.813. The molecule has 0 spiro atoms. The molecule has 0 bridgehead atoms. The van der Waals surface area contributed by atoms with Crippen LogP contribution in [0.5, 0.6) is 5.75 Å². The molecule has 132 valence electrons. The smallest absolute Gasteiger partial charge is 0.475 e. The number of carbonyl (C=O) groups excluding carboxylic acids is 1. The van der Waals surface area contributed by atoms with Crippen LogP contribution in [0.3, 0.4) is 0 Å². The van der Waals surface area contributed by atoms with Gasteiger partial charge in [-0.1, -0.05) is 32.0 Å². The second-order valence-electron chi connectivity index (χ2n) is 4.65. The molecule has 0 aromatic heterocycles. The molecule has 24 heavy (non-hydrogen) atoms. The predicted molar refractivity (Wildman–Crippen MR) is 80.4 cm³/mol. The Hall–Kier alpha value is -1.40. The predicted octanol–water partition coefficient (Wildman–Crippen LogP) is 2.37. The van der Waals surface area contributed by atoms with Gasteiger partial charge in [-0.25, -0.2) is 10.7 Å². The van der Waals surface area contributed by atoms with Crippen LogP contribution in [0.2, 0.25) is 0 Å². The summed E-state index contributed by atoms with van der Waals surface area (Å²) >= 11 is 0. The first kappa shape index (κ1) is 20.6. The summed E-state index contributed by atoms with van der Waals surface area (Å²) < 4.78 is 29.7. The molecule has 1 aliphatic rings. The van der Waals surface area contributed by atoms with Crippen LogP contribution in [0.15, 0.2) is 30.5 Å². The topological polar surface area (TPSA) is 72.5 Å². The van der Waals surface area contributed by atoms with E-state index in [4.69, 9.17) is 28.4 Å². The summed E-state index contributed by atoms with van der Waals surface area (Å²) in [7, 11) is 1.55. The van der Waals surface area contributed by atoms with E-state index >= 15 is 0 Å². The maximum atomic E-state index is 11.5. The van der Waals surface area contributed by atoms with E-state index in [1.807, 2.05) is 0 Å². The number of carbonyl (C=O) groups is 1. The van der Waals surface area contributed by atoms with Crippen molar-refractivity contribution in [1.82, 2.24) is 0 Å². The van der Waals surface area contributed by atoms with Crippen LogP contribution in [0.25, 0.3) is 6.08 Å². The maximum Gasteiger partial charge on any atom is 0.515 e. The van der Waals surface area contributed by atoms with Gasteiger partial charge in [0, 0.05) is 28.2 Å². The molecule has 0 atom stereocenters. The Bertz CT molecular complexity index is 500. The van der Waals surface area contributed by atoms with Gasteiger partial charge < -0.3 is 28.4 Å². The van der Waals surface area contributed by atoms with Gasteiger partial charge in [-0.2, -0.15) is 0 Å². The average Bonchev–Trinajstić information content (AvgIpc) is 2.51. The molecule has 0 N–H and O–H groups in total. The van der Waals surface area contributed by atoms with Crippen molar-refractivity contribution in [3.8, 4) is 5.75 Å². The maximum absolute atomic E-state index is 11.5. The quantitative estimate of drug-likeness (QED) is 0.127. The van der Waals surface area contributed by atoms with E-state index in [1.165, 1.54) is 6.26 Å². The monoisotopic (exact) mass is 507 g/mol. The number of rotatable bonds is 9. The van der Waals surface area contributed by atoms with Crippen molar-refractivity contribution in [2.24, 2.45) is 0 Å². The van der Waals surface area contributed by atoms with Gasteiger partial charge >= 0.3 is 6.16 Å². The van der Waals surface area contributed by atoms with Crippen molar-refractivity contribution < 1.29 is 54.3 Å². The van der Waals surface area contributed by atoms with E-state index in [0.717, 1.165) is 11.5 Å². The molecule has 1 heterocycles. The van der Waals surface area contributed by atoms with E-state index < -0.39 is 6.16 Å². The third-order valence-electron chi connectivity index (χ3n) is 2.80. The normalized spacial score (nSPS) is 13.9. The average molecular weight is 507 g/mol. The van der Waals surface area contributed by atoms with Gasteiger partial charge in [-0.3, -0.25) is 0 Å². The van der Waals surface area contributed by atoms with Crippen LogP contribution in [0.4, 0.5) is 4.79 Å². The molecule has 1 fully saturated rings. The summed E-state index contributed by atoms with van der Waals surface area (Å²) in [6.07, 6.45) is 2.47. The van der Waals surface area contributed by atoms with Gasteiger partial charge in [0.05, 0.1) is 6.26 Å². The number of hydrogen-bond acceptors (Lipinski definition) is 7. The largest absolute Gasteiger partial charge is 0.515 e. The molecule has 7 nitrogen and oxygen atoms in total. The first-order valence-corrected chi connectivity index (χ1v) is 6.99. The third-order valence-corrected chi connectivity index (χ3v) is 2.80. The molecule has 0 saturated carbocycles. The van der Waals surface area contributed by atoms with E-state index in [1.54, 1.807) is 37.5 Å². The van der Waals surface area contributed by atoms with Gasteiger partial charge in [0.15, 0.2) is 13.6 Å². The van der Waals surface area contributed by atoms with Crippen LogP contribution < -0.4 is 4.74 Å². The summed E-state index contributed by atoms with van der Waals surface area (Å²) in [6.45, 7) is 1.70. The van der Waals surface area contributed by atoms with Gasteiger partial charge in [-0.15, -0.1) is 0 Å². The van der Waals surface area contributed by atoms with Crippen molar-refractivity contribution in [3.05, 3.63) is 42.0 Å². The van der Waals surface area contributed by atoms with Crippen molar-refractivity contribution in [3.63, 3.8) is 0 Å². The Morgan fingerprint density at radius 1 is 1.25 bits per heavy atom. The Morgan fingerprint density at radius 2 is 2.00 bits per heavy atom. The Balaban J connectivity index is 0.00000288. The molecular weight excluding hydrogens is 488 g/mol. The van der Waals surface area contributed by atoms with Gasteiger partial charge in [0.2, 0.25) is 0 Å². The zero-order chi connectivity index (χ0) is 16.3. The van der Waals surface area contributed by atoms with E-state index in [9.17, 15) is 4.79 Å². The van der Waals surface area contributed by atoms with Crippen LogP contribution in [-0.2, 0) is 44.7 Å². The Morgan fingerprint density at radius 3 is 2.62 bits per heavy atom. The summed E-state index contributed by atoms with van der Waals surface area (Å²) in [6, 6.07) is 6.86. The zero-order valence-electron chi connectivity index (χ0n) is 13.3. The summed E-state index contributed by atoms with van der Waals surface area (Å²) in [5.74, 6) is 1.52. The molecule has 1 aromatic carbocycles. The van der Waals surface area contributed by atoms with Crippen LogP contribution in [0, 0.1) is 5.92 Å². The molecule has 1 aliphatic heterocycles. The number of methoxy groups -OCH3 is 1. The van der Waals surface area contributed by atoms with Crippen LogP contribution in [0.1, 0.15) is 5.56 Å².